The Morgan fingerprint density at radius 2 is 1.92 bits per heavy atom. The zero-order valence-corrected chi connectivity index (χ0v) is 15.5. The van der Waals surface area contributed by atoms with Crippen LogP contribution < -0.4 is 0 Å². The van der Waals surface area contributed by atoms with Crippen molar-refractivity contribution >= 4 is 5.91 Å². The molecule has 2 aliphatic rings. The van der Waals surface area contributed by atoms with Gasteiger partial charge >= 0.3 is 0 Å². The SMILES string of the molecule is Cn1cnnc1CN1CCC(CC(=O)N2CCc3ccccc3C2)CC1. The number of aromatic nitrogens is 3. The number of fused-ring (bicyclic) bond motifs is 1. The summed E-state index contributed by atoms with van der Waals surface area (Å²) in [4.78, 5) is 17.2. The van der Waals surface area contributed by atoms with Gasteiger partial charge in [0, 0.05) is 26.6 Å². The van der Waals surface area contributed by atoms with Crippen LogP contribution >= 0.6 is 0 Å². The van der Waals surface area contributed by atoms with Crippen molar-refractivity contribution in [1.82, 2.24) is 24.6 Å². The van der Waals surface area contributed by atoms with Crippen LogP contribution in [-0.2, 0) is 31.4 Å². The standard InChI is InChI=1S/C20H27N5O/c1-23-15-21-22-19(23)14-24-9-6-16(7-10-24)12-20(26)25-11-8-17-4-2-3-5-18(17)13-25/h2-5,15-16H,6-14H2,1H3. The number of benzene rings is 1. The van der Waals surface area contributed by atoms with Gasteiger partial charge < -0.3 is 9.47 Å². The third kappa shape index (κ3) is 3.80. The number of carbonyl (C=O) groups excluding carboxylic acids is 1. The van der Waals surface area contributed by atoms with Gasteiger partial charge in [-0.05, 0) is 49.4 Å². The molecule has 2 aromatic rings. The molecule has 1 aromatic heterocycles. The molecule has 0 aliphatic carbocycles. The van der Waals surface area contributed by atoms with E-state index in [2.05, 4.69) is 39.4 Å². The molecule has 0 spiro atoms. The van der Waals surface area contributed by atoms with Gasteiger partial charge in [0.05, 0.1) is 6.54 Å². The highest BCUT2D eigenvalue weighted by Crippen LogP contribution is 2.25. The number of piperidine rings is 1. The monoisotopic (exact) mass is 353 g/mol. The number of hydrogen-bond donors (Lipinski definition) is 0. The van der Waals surface area contributed by atoms with Crippen molar-refractivity contribution < 1.29 is 4.79 Å². The fourth-order valence-electron chi connectivity index (χ4n) is 4.08. The molecule has 2 aliphatic heterocycles. The first-order valence-electron chi connectivity index (χ1n) is 9.59. The molecule has 1 saturated heterocycles. The van der Waals surface area contributed by atoms with Crippen LogP contribution in [0.1, 0.15) is 36.2 Å². The average Bonchev–Trinajstić information content (AvgIpc) is 3.07. The molecular formula is C20H27N5O. The van der Waals surface area contributed by atoms with Gasteiger partial charge in [0.15, 0.2) is 0 Å². The number of rotatable bonds is 4. The average molecular weight is 353 g/mol. The van der Waals surface area contributed by atoms with Crippen molar-refractivity contribution in [2.45, 2.75) is 38.8 Å². The quantitative estimate of drug-likeness (QED) is 0.844. The summed E-state index contributed by atoms with van der Waals surface area (Å²) in [6.45, 7) is 4.56. The van der Waals surface area contributed by atoms with E-state index in [1.165, 1.54) is 11.1 Å². The number of aryl methyl sites for hydroxylation is 1. The normalized spacial score (nSPS) is 18.7. The van der Waals surface area contributed by atoms with Crippen LogP contribution in [0.4, 0.5) is 0 Å². The smallest absolute Gasteiger partial charge is 0.223 e. The highest BCUT2D eigenvalue weighted by Gasteiger charge is 2.26. The van der Waals surface area contributed by atoms with E-state index < -0.39 is 0 Å². The van der Waals surface area contributed by atoms with E-state index in [0.29, 0.717) is 18.2 Å². The molecule has 138 valence electrons. The van der Waals surface area contributed by atoms with Crippen molar-refractivity contribution in [1.29, 1.82) is 0 Å². The summed E-state index contributed by atoms with van der Waals surface area (Å²) in [7, 11) is 1.98. The van der Waals surface area contributed by atoms with Gasteiger partial charge in [-0.2, -0.15) is 0 Å². The number of hydrogen-bond acceptors (Lipinski definition) is 4. The van der Waals surface area contributed by atoms with Crippen LogP contribution in [0.3, 0.4) is 0 Å². The Morgan fingerprint density at radius 1 is 1.15 bits per heavy atom. The van der Waals surface area contributed by atoms with Crippen molar-refractivity contribution in [3.05, 3.63) is 47.5 Å². The van der Waals surface area contributed by atoms with E-state index in [0.717, 1.165) is 57.8 Å². The van der Waals surface area contributed by atoms with E-state index >= 15 is 0 Å². The molecule has 6 nitrogen and oxygen atoms in total. The van der Waals surface area contributed by atoms with Crippen molar-refractivity contribution in [2.24, 2.45) is 13.0 Å². The first-order chi connectivity index (χ1) is 12.7. The highest BCUT2D eigenvalue weighted by atomic mass is 16.2. The van der Waals surface area contributed by atoms with Gasteiger partial charge in [-0.3, -0.25) is 9.69 Å². The number of nitrogens with zero attached hydrogens (tertiary/aromatic N) is 5. The summed E-state index contributed by atoms with van der Waals surface area (Å²) in [6, 6.07) is 8.49. The lowest BCUT2D eigenvalue weighted by atomic mass is 9.92. The Bertz CT molecular complexity index is 763. The summed E-state index contributed by atoms with van der Waals surface area (Å²) >= 11 is 0. The van der Waals surface area contributed by atoms with Gasteiger partial charge in [-0.15, -0.1) is 10.2 Å². The van der Waals surface area contributed by atoms with Crippen molar-refractivity contribution in [2.75, 3.05) is 19.6 Å². The molecule has 1 amide bonds. The Kier molecular flexibility index (Phi) is 5.02. The lowest BCUT2D eigenvalue weighted by Crippen LogP contribution is -2.39. The number of amides is 1. The van der Waals surface area contributed by atoms with Crippen molar-refractivity contribution in [3.8, 4) is 0 Å². The van der Waals surface area contributed by atoms with E-state index in [-0.39, 0.29) is 0 Å². The molecule has 0 bridgehead atoms. The summed E-state index contributed by atoms with van der Waals surface area (Å²) < 4.78 is 1.98. The molecule has 0 atom stereocenters. The van der Waals surface area contributed by atoms with Gasteiger partial charge in [0.25, 0.3) is 0 Å². The number of likely N-dealkylation sites (tertiary alicyclic amines) is 1. The van der Waals surface area contributed by atoms with Gasteiger partial charge in [0.1, 0.15) is 12.2 Å². The Labute approximate surface area is 154 Å². The summed E-state index contributed by atoms with van der Waals surface area (Å²) in [5, 5.41) is 8.11. The fraction of sp³-hybridized carbons (Fsp3) is 0.550. The molecule has 26 heavy (non-hydrogen) atoms. The minimum absolute atomic E-state index is 0.325. The van der Waals surface area contributed by atoms with Crippen molar-refractivity contribution in [3.63, 3.8) is 0 Å². The van der Waals surface area contributed by atoms with Crippen LogP contribution in [-0.4, -0.2) is 50.1 Å². The Morgan fingerprint density at radius 3 is 2.65 bits per heavy atom. The van der Waals surface area contributed by atoms with Gasteiger partial charge in [-0.25, -0.2) is 0 Å². The lowest BCUT2D eigenvalue weighted by molar-refractivity contribution is -0.133. The van der Waals surface area contributed by atoms with E-state index in [9.17, 15) is 4.79 Å². The van der Waals surface area contributed by atoms with Gasteiger partial charge in [-0.1, -0.05) is 24.3 Å². The van der Waals surface area contributed by atoms with Crippen LogP contribution in [0.25, 0.3) is 0 Å². The minimum atomic E-state index is 0.325. The topological polar surface area (TPSA) is 54.3 Å². The molecule has 0 radical (unpaired) electrons. The van der Waals surface area contributed by atoms with E-state index in [1.54, 1.807) is 6.33 Å². The molecule has 0 unspecified atom stereocenters. The maximum absolute atomic E-state index is 12.7. The third-order valence-corrected chi connectivity index (χ3v) is 5.82. The molecular weight excluding hydrogens is 326 g/mol. The molecule has 4 rings (SSSR count). The largest absolute Gasteiger partial charge is 0.338 e. The second-order valence-electron chi connectivity index (χ2n) is 7.62. The molecule has 1 aromatic carbocycles. The minimum Gasteiger partial charge on any atom is -0.338 e. The maximum atomic E-state index is 12.7. The first kappa shape index (κ1) is 17.2. The van der Waals surface area contributed by atoms with Crippen LogP contribution in [0.15, 0.2) is 30.6 Å². The zero-order valence-electron chi connectivity index (χ0n) is 15.5. The van der Waals surface area contributed by atoms with Crippen LogP contribution in [0.2, 0.25) is 0 Å². The second-order valence-corrected chi connectivity index (χ2v) is 7.62. The Hall–Kier alpha value is -2.21. The lowest BCUT2D eigenvalue weighted by Gasteiger charge is -2.34. The van der Waals surface area contributed by atoms with E-state index in [1.807, 2.05) is 16.5 Å². The molecule has 1 fully saturated rings. The Balaban J connectivity index is 1.25. The molecule has 3 heterocycles. The zero-order chi connectivity index (χ0) is 17.9. The second kappa shape index (κ2) is 7.58. The summed E-state index contributed by atoms with van der Waals surface area (Å²) in [5.41, 5.74) is 2.71. The third-order valence-electron chi connectivity index (χ3n) is 5.82. The highest BCUT2D eigenvalue weighted by molar-refractivity contribution is 5.76. The van der Waals surface area contributed by atoms with Crippen LogP contribution in [0, 0.1) is 5.92 Å². The fourth-order valence-corrected chi connectivity index (χ4v) is 4.08. The van der Waals surface area contributed by atoms with Gasteiger partial charge in [0.2, 0.25) is 5.91 Å². The maximum Gasteiger partial charge on any atom is 0.223 e. The summed E-state index contributed by atoms with van der Waals surface area (Å²) in [6.07, 6.45) is 5.61. The summed E-state index contributed by atoms with van der Waals surface area (Å²) in [5.74, 6) is 1.84. The van der Waals surface area contributed by atoms with Crippen LogP contribution in [0.5, 0.6) is 0 Å². The predicted molar refractivity (Wildman–Crippen MR) is 99.2 cm³/mol. The molecule has 0 N–H and O–H groups in total. The molecule has 0 saturated carbocycles. The number of carbonyl (C=O) groups is 1. The van der Waals surface area contributed by atoms with E-state index in [4.69, 9.17) is 0 Å². The first-order valence-corrected chi connectivity index (χ1v) is 9.59. The predicted octanol–water partition coefficient (Wildman–Crippen LogP) is 2.00. The molecule has 6 heteroatoms.